The van der Waals surface area contributed by atoms with Gasteiger partial charge < -0.3 is 9.13 Å². The predicted molar refractivity (Wildman–Crippen MR) is 203 cm³/mol. The van der Waals surface area contributed by atoms with Crippen molar-refractivity contribution in [1.82, 2.24) is 29.1 Å². The van der Waals surface area contributed by atoms with E-state index >= 15 is 0 Å². The van der Waals surface area contributed by atoms with Crippen LogP contribution in [0, 0.1) is 0 Å². The molecule has 0 aliphatic heterocycles. The number of rotatable bonds is 5. The molecule has 0 saturated carbocycles. The van der Waals surface area contributed by atoms with E-state index in [-0.39, 0.29) is 0 Å². The highest BCUT2D eigenvalue weighted by atomic mass is 15.0. The third kappa shape index (κ3) is 4.50. The van der Waals surface area contributed by atoms with Gasteiger partial charge in [0.1, 0.15) is 0 Å². The third-order valence-electron chi connectivity index (χ3n) is 9.47. The molecule has 0 bridgehead atoms. The lowest BCUT2D eigenvalue weighted by Crippen LogP contribution is -2.00. The number of pyridine rings is 1. The van der Waals surface area contributed by atoms with E-state index < -0.39 is 0 Å². The van der Waals surface area contributed by atoms with E-state index in [1.54, 1.807) is 0 Å². The van der Waals surface area contributed by atoms with E-state index in [1.165, 1.54) is 21.8 Å². The van der Waals surface area contributed by atoms with E-state index in [0.29, 0.717) is 17.5 Å². The minimum Gasteiger partial charge on any atom is -0.309 e. The normalized spacial score (nSPS) is 11.6. The molecule has 0 saturated heterocycles. The maximum atomic E-state index is 4.93. The van der Waals surface area contributed by atoms with E-state index in [4.69, 9.17) is 15.0 Å². The van der Waals surface area contributed by atoms with Gasteiger partial charge >= 0.3 is 0 Å². The lowest BCUT2D eigenvalue weighted by atomic mass is 10.1. The molecule has 0 radical (unpaired) electrons. The minimum absolute atomic E-state index is 0.631. The van der Waals surface area contributed by atoms with Crippen molar-refractivity contribution in [2.75, 3.05) is 0 Å². The average molecular weight is 641 g/mol. The van der Waals surface area contributed by atoms with Gasteiger partial charge in [0.15, 0.2) is 17.5 Å². The zero-order chi connectivity index (χ0) is 33.0. The van der Waals surface area contributed by atoms with Gasteiger partial charge in [-0.05, 0) is 60.7 Å². The molecule has 6 heteroatoms. The summed E-state index contributed by atoms with van der Waals surface area (Å²) in [4.78, 5) is 19.2. The molecule has 0 unspecified atom stereocenters. The molecule has 50 heavy (non-hydrogen) atoms. The number of aromatic nitrogens is 6. The molecule has 0 aliphatic rings. The third-order valence-corrected chi connectivity index (χ3v) is 9.47. The summed E-state index contributed by atoms with van der Waals surface area (Å²) < 4.78 is 4.67. The Kier molecular flexibility index (Phi) is 6.39. The molecule has 10 rings (SSSR count). The maximum Gasteiger partial charge on any atom is 0.164 e. The fourth-order valence-corrected chi connectivity index (χ4v) is 7.17. The Morgan fingerprint density at radius 1 is 0.340 bits per heavy atom. The van der Waals surface area contributed by atoms with Crippen molar-refractivity contribution in [2.24, 2.45) is 0 Å². The standard InChI is InChI=1S/C44H28N6/c1-3-11-29(12-4-1)42-46-43(30-13-5-2-6-14-30)48-44(47-42)31-19-21-32(22-20-31)49-40-24-23-33(27-36(40)37-28-45-26-25-41(37)49)50-38-17-9-7-15-34(38)35-16-8-10-18-39(35)50/h1-28H. The van der Waals surface area contributed by atoms with Crippen molar-refractivity contribution in [2.45, 2.75) is 0 Å². The monoisotopic (exact) mass is 640 g/mol. The summed E-state index contributed by atoms with van der Waals surface area (Å²) in [5, 5.41) is 4.75. The molecule has 0 atom stereocenters. The zero-order valence-electron chi connectivity index (χ0n) is 26.8. The van der Waals surface area contributed by atoms with Crippen LogP contribution in [0.1, 0.15) is 0 Å². The lowest BCUT2D eigenvalue weighted by Gasteiger charge is -2.11. The number of benzene rings is 6. The van der Waals surface area contributed by atoms with Crippen LogP contribution < -0.4 is 0 Å². The Morgan fingerprint density at radius 3 is 1.40 bits per heavy atom. The van der Waals surface area contributed by atoms with Gasteiger partial charge in [-0.15, -0.1) is 0 Å². The largest absolute Gasteiger partial charge is 0.309 e. The van der Waals surface area contributed by atoms with Crippen molar-refractivity contribution in [3.63, 3.8) is 0 Å². The molecule has 0 amide bonds. The molecule has 10 aromatic rings. The van der Waals surface area contributed by atoms with Crippen LogP contribution in [0.5, 0.6) is 0 Å². The summed E-state index contributed by atoms with van der Waals surface area (Å²) in [6.07, 6.45) is 3.83. The SMILES string of the molecule is c1ccc(-c2nc(-c3ccccc3)nc(-c3ccc(-n4c5ccncc5c5cc(-n6c7ccccc7c7ccccc76)ccc54)cc3)n2)cc1. The maximum absolute atomic E-state index is 4.93. The molecular formula is C44H28N6. The van der Waals surface area contributed by atoms with Crippen molar-refractivity contribution in [3.05, 3.63) is 170 Å². The minimum atomic E-state index is 0.631. The summed E-state index contributed by atoms with van der Waals surface area (Å²) in [6, 6.07) is 54.7. The fourth-order valence-electron chi connectivity index (χ4n) is 7.17. The number of para-hydroxylation sites is 2. The quantitative estimate of drug-likeness (QED) is 0.188. The average Bonchev–Trinajstić information content (AvgIpc) is 3.71. The van der Waals surface area contributed by atoms with Crippen LogP contribution in [0.2, 0.25) is 0 Å². The van der Waals surface area contributed by atoms with E-state index in [1.807, 2.05) is 73.1 Å². The first-order valence-electron chi connectivity index (χ1n) is 16.6. The summed E-state index contributed by atoms with van der Waals surface area (Å²) in [6.45, 7) is 0. The molecule has 234 valence electrons. The first-order chi connectivity index (χ1) is 24.8. The summed E-state index contributed by atoms with van der Waals surface area (Å²) in [5.74, 6) is 1.92. The smallest absolute Gasteiger partial charge is 0.164 e. The lowest BCUT2D eigenvalue weighted by molar-refractivity contribution is 1.07. The summed E-state index contributed by atoms with van der Waals surface area (Å²) in [5.41, 5.74) is 9.57. The van der Waals surface area contributed by atoms with Crippen LogP contribution in [-0.2, 0) is 0 Å². The molecule has 4 aromatic heterocycles. The van der Waals surface area contributed by atoms with Crippen LogP contribution in [0.4, 0.5) is 0 Å². The second-order valence-electron chi connectivity index (χ2n) is 12.4. The fraction of sp³-hybridized carbons (Fsp3) is 0. The first-order valence-corrected chi connectivity index (χ1v) is 16.6. The van der Waals surface area contributed by atoms with Gasteiger partial charge in [-0.1, -0.05) is 97.1 Å². The van der Waals surface area contributed by atoms with Crippen LogP contribution in [0.15, 0.2) is 170 Å². The van der Waals surface area contributed by atoms with Gasteiger partial charge in [-0.2, -0.15) is 0 Å². The van der Waals surface area contributed by atoms with Crippen LogP contribution in [0.3, 0.4) is 0 Å². The number of nitrogens with zero attached hydrogens (tertiary/aromatic N) is 6. The van der Waals surface area contributed by atoms with Gasteiger partial charge in [-0.3, -0.25) is 4.98 Å². The second-order valence-corrected chi connectivity index (χ2v) is 12.4. The highest BCUT2D eigenvalue weighted by molar-refractivity contribution is 6.12. The number of fused-ring (bicyclic) bond motifs is 6. The van der Waals surface area contributed by atoms with Crippen molar-refractivity contribution in [3.8, 4) is 45.5 Å². The Labute approximate surface area is 287 Å². The van der Waals surface area contributed by atoms with Crippen LogP contribution in [-0.4, -0.2) is 29.1 Å². The Morgan fingerprint density at radius 2 is 0.800 bits per heavy atom. The second kappa shape index (κ2) is 11.4. The van der Waals surface area contributed by atoms with Crippen molar-refractivity contribution >= 4 is 43.6 Å². The molecule has 4 heterocycles. The van der Waals surface area contributed by atoms with E-state index in [0.717, 1.165) is 49.9 Å². The molecule has 6 aromatic carbocycles. The molecule has 0 spiro atoms. The molecule has 0 fully saturated rings. The Hall–Kier alpha value is -6.92. The van der Waals surface area contributed by atoms with E-state index in [2.05, 4.69) is 111 Å². The summed E-state index contributed by atoms with van der Waals surface area (Å²) >= 11 is 0. The predicted octanol–water partition coefficient (Wildman–Crippen LogP) is 10.5. The zero-order valence-corrected chi connectivity index (χ0v) is 26.8. The van der Waals surface area contributed by atoms with Crippen LogP contribution >= 0.6 is 0 Å². The molecular weight excluding hydrogens is 613 g/mol. The van der Waals surface area contributed by atoms with Crippen LogP contribution in [0.25, 0.3) is 89.2 Å². The number of hydrogen-bond acceptors (Lipinski definition) is 4. The molecule has 0 N–H and O–H groups in total. The topological polar surface area (TPSA) is 61.4 Å². The summed E-state index contributed by atoms with van der Waals surface area (Å²) in [7, 11) is 0. The van der Waals surface area contributed by atoms with Gasteiger partial charge in [0.05, 0.1) is 22.1 Å². The van der Waals surface area contributed by atoms with Gasteiger partial charge in [0.25, 0.3) is 0 Å². The van der Waals surface area contributed by atoms with Crippen molar-refractivity contribution in [1.29, 1.82) is 0 Å². The first kappa shape index (κ1) is 28.1. The molecule has 0 aliphatic carbocycles. The molecule has 6 nitrogen and oxygen atoms in total. The number of hydrogen-bond donors (Lipinski definition) is 0. The van der Waals surface area contributed by atoms with E-state index in [9.17, 15) is 0 Å². The van der Waals surface area contributed by atoms with Gasteiger partial charge in [-0.25, -0.2) is 15.0 Å². The highest BCUT2D eigenvalue weighted by Gasteiger charge is 2.17. The van der Waals surface area contributed by atoms with Gasteiger partial charge in [0.2, 0.25) is 0 Å². The Bertz CT molecular complexity index is 2740. The Balaban J connectivity index is 1.11. The van der Waals surface area contributed by atoms with Gasteiger partial charge in [0, 0.05) is 62.0 Å². The highest BCUT2D eigenvalue weighted by Crippen LogP contribution is 2.37. The van der Waals surface area contributed by atoms with Crippen molar-refractivity contribution < 1.29 is 0 Å².